The number of pyridine rings is 1. The minimum absolute atomic E-state index is 0.419. The minimum Gasteiger partial charge on any atom is -0.381 e. The summed E-state index contributed by atoms with van der Waals surface area (Å²) in [6.07, 6.45) is 5.05. The number of nitrogens with one attached hydrogen (secondary N) is 2. The SMILES string of the molecule is N#Cc1cnc2ccccc2c1NC1CCCNCC1. The molecule has 0 bridgehead atoms. The van der Waals surface area contributed by atoms with E-state index < -0.39 is 0 Å². The molecule has 0 radical (unpaired) electrons. The molecular formula is C16H18N4. The lowest BCUT2D eigenvalue weighted by Crippen LogP contribution is -2.22. The normalized spacial score (nSPS) is 19.2. The largest absolute Gasteiger partial charge is 0.381 e. The summed E-state index contributed by atoms with van der Waals surface area (Å²) in [6, 6.07) is 10.6. The van der Waals surface area contributed by atoms with Crippen molar-refractivity contribution in [3.63, 3.8) is 0 Å². The van der Waals surface area contributed by atoms with E-state index in [4.69, 9.17) is 0 Å². The van der Waals surface area contributed by atoms with Gasteiger partial charge in [0.2, 0.25) is 0 Å². The Morgan fingerprint density at radius 2 is 2.15 bits per heavy atom. The standard InChI is InChI=1S/C16H18N4/c17-10-12-11-19-15-6-2-1-5-14(15)16(12)20-13-4-3-8-18-9-7-13/h1-2,5-6,11,13,18H,3-4,7-9H2,(H,19,20). The van der Waals surface area contributed by atoms with Crippen LogP contribution in [0.15, 0.2) is 30.5 Å². The molecule has 2 aromatic rings. The first kappa shape index (κ1) is 12.9. The Hall–Kier alpha value is -2.12. The van der Waals surface area contributed by atoms with Gasteiger partial charge in [0.1, 0.15) is 6.07 Å². The van der Waals surface area contributed by atoms with Gasteiger partial charge in [0.05, 0.1) is 16.8 Å². The van der Waals surface area contributed by atoms with Gasteiger partial charge in [-0.25, -0.2) is 0 Å². The Morgan fingerprint density at radius 3 is 3.05 bits per heavy atom. The predicted octanol–water partition coefficient (Wildman–Crippen LogP) is 2.66. The smallest absolute Gasteiger partial charge is 0.103 e. The molecule has 1 aromatic carbocycles. The van der Waals surface area contributed by atoms with Gasteiger partial charge in [-0.1, -0.05) is 18.2 Å². The predicted molar refractivity (Wildman–Crippen MR) is 80.6 cm³/mol. The molecule has 2 heterocycles. The van der Waals surface area contributed by atoms with Gasteiger partial charge >= 0.3 is 0 Å². The number of aromatic nitrogens is 1. The quantitative estimate of drug-likeness (QED) is 0.877. The van der Waals surface area contributed by atoms with E-state index in [2.05, 4.69) is 21.7 Å². The molecule has 1 aromatic heterocycles. The van der Waals surface area contributed by atoms with Crippen molar-refractivity contribution in [1.82, 2.24) is 10.3 Å². The van der Waals surface area contributed by atoms with Crippen molar-refractivity contribution in [2.45, 2.75) is 25.3 Å². The van der Waals surface area contributed by atoms with Crippen molar-refractivity contribution in [2.24, 2.45) is 0 Å². The molecule has 2 N–H and O–H groups in total. The second-order valence-corrected chi connectivity index (χ2v) is 5.20. The van der Waals surface area contributed by atoms with Crippen LogP contribution in [0.1, 0.15) is 24.8 Å². The summed E-state index contributed by atoms with van der Waals surface area (Å²) in [6.45, 7) is 2.11. The molecule has 0 aliphatic carbocycles. The summed E-state index contributed by atoms with van der Waals surface area (Å²) in [5.74, 6) is 0. The Bertz CT molecular complexity index is 636. The van der Waals surface area contributed by atoms with Crippen LogP contribution in [0.4, 0.5) is 5.69 Å². The first-order chi connectivity index (χ1) is 9.88. The second kappa shape index (κ2) is 5.89. The number of hydrogen-bond donors (Lipinski definition) is 2. The highest BCUT2D eigenvalue weighted by Gasteiger charge is 2.15. The fourth-order valence-electron chi connectivity index (χ4n) is 2.75. The van der Waals surface area contributed by atoms with Crippen molar-refractivity contribution >= 4 is 16.6 Å². The molecule has 4 heteroatoms. The molecule has 1 unspecified atom stereocenters. The van der Waals surface area contributed by atoms with Gasteiger partial charge in [0.15, 0.2) is 0 Å². The zero-order valence-electron chi connectivity index (χ0n) is 11.4. The lowest BCUT2D eigenvalue weighted by atomic mass is 10.1. The summed E-state index contributed by atoms with van der Waals surface area (Å²) < 4.78 is 0. The van der Waals surface area contributed by atoms with Gasteiger partial charge in [-0.05, 0) is 38.4 Å². The van der Waals surface area contributed by atoms with E-state index in [1.807, 2.05) is 24.3 Å². The van der Waals surface area contributed by atoms with Crippen LogP contribution in [0.5, 0.6) is 0 Å². The van der Waals surface area contributed by atoms with E-state index in [1.165, 1.54) is 6.42 Å². The average Bonchev–Trinajstić information content (AvgIpc) is 2.76. The number of anilines is 1. The summed E-state index contributed by atoms with van der Waals surface area (Å²) in [5, 5.41) is 17.3. The third-order valence-electron chi connectivity index (χ3n) is 3.82. The molecular weight excluding hydrogens is 248 g/mol. The Labute approximate surface area is 118 Å². The van der Waals surface area contributed by atoms with E-state index in [1.54, 1.807) is 6.20 Å². The van der Waals surface area contributed by atoms with Crippen molar-refractivity contribution in [2.75, 3.05) is 18.4 Å². The minimum atomic E-state index is 0.419. The average molecular weight is 266 g/mol. The molecule has 0 amide bonds. The number of hydrogen-bond acceptors (Lipinski definition) is 4. The molecule has 1 atom stereocenters. The fourth-order valence-corrected chi connectivity index (χ4v) is 2.75. The number of rotatable bonds is 2. The highest BCUT2D eigenvalue weighted by Crippen LogP contribution is 2.27. The molecule has 102 valence electrons. The lowest BCUT2D eigenvalue weighted by Gasteiger charge is -2.19. The van der Waals surface area contributed by atoms with Crippen molar-refractivity contribution in [1.29, 1.82) is 5.26 Å². The van der Waals surface area contributed by atoms with Gasteiger partial charge in [-0.15, -0.1) is 0 Å². The molecule has 1 fully saturated rings. The van der Waals surface area contributed by atoms with Crippen molar-refractivity contribution < 1.29 is 0 Å². The first-order valence-electron chi connectivity index (χ1n) is 7.13. The summed E-state index contributed by atoms with van der Waals surface area (Å²) in [5.41, 5.74) is 2.49. The van der Waals surface area contributed by atoms with Gasteiger partial charge in [0, 0.05) is 17.6 Å². The monoisotopic (exact) mass is 266 g/mol. The Morgan fingerprint density at radius 1 is 1.25 bits per heavy atom. The van der Waals surface area contributed by atoms with E-state index in [0.29, 0.717) is 11.6 Å². The fraction of sp³-hybridized carbons (Fsp3) is 0.375. The molecule has 1 saturated heterocycles. The van der Waals surface area contributed by atoms with E-state index in [-0.39, 0.29) is 0 Å². The molecule has 0 spiro atoms. The zero-order chi connectivity index (χ0) is 13.8. The van der Waals surface area contributed by atoms with Gasteiger partial charge < -0.3 is 10.6 Å². The van der Waals surface area contributed by atoms with Crippen LogP contribution in [-0.4, -0.2) is 24.1 Å². The molecule has 1 aliphatic heterocycles. The molecule has 0 saturated carbocycles. The molecule has 1 aliphatic rings. The van der Waals surface area contributed by atoms with Crippen LogP contribution in [0.25, 0.3) is 10.9 Å². The molecule has 4 nitrogen and oxygen atoms in total. The van der Waals surface area contributed by atoms with Gasteiger partial charge in [-0.3, -0.25) is 4.98 Å². The highest BCUT2D eigenvalue weighted by molar-refractivity contribution is 5.93. The molecule has 20 heavy (non-hydrogen) atoms. The van der Waals surface area contributed by atoms with Crippen LogP contribution in [0, 0.1) is 11.3 Å². The van der Waals surface area contributed by atoms with E-state index >= 15 is 0 Å². The van der Waals surface area contributed by atoms with Crippen LogP contribution in [0.3, 0.4) is 0 Å². The van der Waals surface area contributed by atoms with Gasteiger partial charge in [0.25, 0.3) is 0 Å². The highest BCUT2D eigenvalue weighted by atomic mass is 15.0. The first-order valence-corrected chi connectivity index (χ1v) is 7.13. The summed E-state index contributed by atoms with van der Waals surface area (Å²) in [4.78, 5) is 4.35. The van der Waals surface area contributed by atoms with Crippen LogP contribution < -0.4 is 10.6 Å². The number of fused-ring (bicyclic) bond motifs is 1. The zero-order valence-corrected chi connectivity index (χ0v) is 11.4. The maximum Gasteiger partial charge on any atom is 0.103 e. The van der Waals surface area contributed by atoms with Crippen molar-refractivity contribution in [3.05, 3.63) is 36.0 Å². The number of nitrogens with zero attached hydrogens (tertiary/aromatic N) is 2. The third-order valence-corrected chi connectivity index (χ3v) is 3.82. The number of para-hydroxylation sites is 1. The Kier molecular flexibility index (Phi) is 3.80. The van der Waals surface area contributed by atoms with Crippen LogP contribution >= 0.6 is 0 Å². The molecule has 3 rings (SSSR count). The van der Waals surface area contributed by atoms with E-state index in [0.717, 1.165) is 42.5 Å². The van der Waals surface area contributed by atoms with Crippen LogP contribution in [-0.2, 0) is 0 Å². The second-order valence-electron chi connectivity index (χ2n) is 5.20. The maximum atomic E-state index is 9.32. The number of nitriles is 1. The maximum absolute atomic E-state index is 9.32. The lowest BCUT2D eigenvalue weighted by molar-refractivity contribution is 0.638. The van der Waals surface area contributed by atoms with Crippen molar-refractivity contribution in [3.8, 4) is 6.07 Å². The number of benzene rings is 1. The summed E-state index contributed by atoms with van der Waals surface area (Å²) >= 11 is 0. The van der Waals surface area contributed by atoms with E-state index in [9.17, 15) is 5.26 Å². The van der Waals surface area contributed by atoms with Crippen LogP contribution in [0.2, 0.25) is 0 Å². The summed E-state index contributed by atoms with van der Waals surface area (Å²) in [7, 11) is 0. The topological polar surface area (TPSA) is 60.7 Å². The third kappa shape index (κ3) is 2.59. The van der Waals surface area contributed by atoms with Gasteiger partial charge in [-0.2, -0.15) is 5.26 Å². The Balaban J connectivity index is 1.98.